The van der Waals surface area contributed by atoms with Crippen molar-refractivity contribution in [2.24, 2.45) is 0 Å². The molecule has 0 saturated heterocycles. The number of hydrogen-bond donors (Lipinski definition) is 0. The van der Waals surface area contributed by atoms with Crippen molar-refractivity contribution in [1.29, 1.82) is 10.5 Å². The first kappa shape index (κ1) is 38.6. The Labute approximate surface area is 387 Å². The second kappa shape index (κ2) is 15.4. The number of nitriles is 2. The Morgan fingerprint density at radius 2 is 0.761 bits per heavy atom. The number of furan rings is 2. The molecule has 1 fully saturated rings. The number of rotatable bonds is 8. The maximum Gasteiger partial charge on any atom is 0.159 e. The van der Waals surface area contributed by atoms with Crippen LogP contribution in [-0.2, 0) is 0 Å². The molecule has 2 aliphatic rings. The Balaban J connectivity index is 1.18. The number of hydrogen-bond acceptors (Lipinski definition) is 6. The minimum Gasteiger partial charge on any atom is -0.454 e. The van der Waals surface area contributed by atoms with Crippen LogP contribution in [0, 0.1) is 22.7 Å². The van der Waals surface area contributed by atoms with Crippen molar-refractivity contribution in [2.75, 3.05) is 9.80 Å². The maximum atomic E-state index is 11.9. The molecular weight excluding hydrogens is 821 g/mol. The van der Waals surface area contributed by atoms with E-state index >= 15 is 0 Å². The number of fused-ring (bicyclic) bond motifs is 11. The second-order valence-corrected chi connectivity index (χ2v) is 17.6. The highest BCUT2D eigenvalue weighted by Crippen LogP contribution is 2.64. The summed E-state index contributed by atoms with van der Waals surface area (Å²) < 4.78 is 13.7. The first-order chi connectivity index (χ1) is 33.2. The van der Waals surface area contributed by atoms with Crippen LogP contribution in [0.2, 0.25) is 0 Å². The fraction of sp³-hybridized carbons (Fsp3) is 0.0820. The molecule has 11 aromatic rings. The standard InChI is InChI=1S/C61H40N4O2/c62-36-48-49(37-63)59(65(51-28-12-8-22-43(51)39-19-5-2-6-20-39)53-30-16-26-47-45-24-10-14-32-55(45)67-61(47)53)57-41-34-33-40(35-41)56(57)58(48)64(50-27-11-7-21-42(50)38-17-3-1-4-18-38)52-29-15-25-46-44-23-9-13-31-54(44)66-60(46)52/h1-32,40-41H,33-35H2. The lowest BCUT2D eigenvalue weighted by Gasteiger charge is -2.37. The molecule has 0 spiro atoms. The minimum atomic E-state index is 0.142. The van der Waals surface area contributed by atoms with Gasteiger partial charge in [0.25, 0.3) is 0 Å². The lowest BCUT2D eigenvalue weighted by molar-refractivity contribution is 0.668. The molecule has 2 heterocycles. The number of anilines is 6. The van der Waals surface area contributed by atoms with Crippen LogP contribution in [0.15, 0.2) is 203 Å². The molecule has 67 heavy (non-hydrogen) atoms. The molecular formula is C61H40N4O2. The van der Waals surface area contributed by atoms with E-state index in [0.29, 0.717) is 22.3 Å². The Hall–Kier alpha value is -8.84. The van der Waals surface area contributed by atoms with E-state index in [2.05, 4.69) is 168 Å². The average Bonchev–Trinajstić information content (AvgIpc) is 4.20. The zero-order chi connectivity index (χ0) is 44.6. The Morgan fingerprint density at radius 3 is 1.21 bits per heavy atom. The van der Waals surface area contributed by atoms with Crippen LogP contribution >= 0.6 is 0 Å². The summed E-state index contributed by atoms with van der Waals surface area (Å²) in [5.41, 5.74) is 14.8. The van der Waals surface area contributed by atoms with Crippen LogP contribution in [0.3, 0.4) is 0 Å². The highest BCUT2D eigenvalue weighted by molar-refractivity contribution is 6.13. The van der Waals surface area contributed by atoms with Crippen LogP contribution in [0.5, 0.6) is 0 Å². The van der Waals surface area contributed by atoms with E-state index in [1.165, 1.54) is 0 Å². The molecule has 13 rings (SSSR count). The first-order valence-electron chi connectivity index (χ1n) is 22.9. The highest BCUT2D eigenvalue weighted by atomic mass is 16.3. The summed E-state index contributed by atoms with van der Waals surface area (Å²) in [7, 11) is 0. The maximum absolute atomic E-state index is 11.9. The fourth-order valence-electron chi connectivity index (χ4n) is 11.4. The van der Waals surface area contributed by atoms with Crippen LogP contribution in [0.1, 0.15) is 53.4 Å². The van der Waals surface area contributed by atoms with Gasteiger partial charge >= 0.3 is 0 Å². The third-order valence-corrected chi connectivity index (χ3v) is 14.2. The first-order valence-corrected chi connectivity index (χ1v) is 22.9. The van der Waals surface area contributed by atoms with E-state index in [-0.39, 0.29) is 11.8 Å². The van der Waals surface area contributed by atoms with Crippen LogP contribution in [-0.4, -0.2) is 0 Å². The predicted octanol–water partition coefficient (Wildman–Crippen LogP) is 16.9. The van der Waals surface area contributed by atoms with Crippen molar-refractivity contribution in [1.82, 2.24) is 0 Å². The van der Waals surface area contributed by atoms with Gasteiger partial charge in [0.1, 0.15) is 23.3 Å². The molecule has 2 aliphatic carbocycles. The van der Waals surface area contributed by atoms with Gasteiger partial charge in [-0.3, -0.25) is 0 Å². The predicted molar refractivity (Wildman–Crippen MR) is 270 cm³/mol. The van der Waals surface area contributed by atoms with Gasteiger partial charge in [-0.2, -0.15) is 10.5 Å². The van der Waals surface area contributed by atoms with Gasteiger partial charge < -0.3 is 18.6 Å². The molecule has 6 heteroatoms. The van der Waals surface area contributed by atoms with Crippen LogP contribution in [0.4, 0.5) is 34.1 Å². The van der Waals surface area contributed by atoms with E-state index in [1.54, 1.807) is 0 Å². The summed E-state index contributed by atoms with van der Waals surface area (Å²) in [5, 5.41) is 27.9. The molecule has 1 saturated carbocycles. The lowest BCUT2D eigenvalue weighted by atomic mass is 9.82. The lowest BCUT2D eigenvalue weighted by Crippen LogP contribution is -2.22. The third-order valence-electron chi connectivity index (χ3n) is 14.2. The summed E-state index contributed by atoms with van der Waals surface area (Å²) in [6.07, 6.45) is 2.87. The van der Waals surface area contributed by atoms with Gasteiger partial charge in [-0.1, -0.05) is 158 Å². The molecule has 9 aromatic carbocycles. The van der Waals surface area contributed by atoms with Gasteiger partial charge in [0.15, 0.2) is 11.2 Å². The smallest absolute Gasteiger partial charge is 0.159 e. The SMILES string of the molecule is N#Cc1c(C#N)c(N(c2ccccc2-c2ccccc2)c2cccc3c2oc2ccccc23)c2c(c1N(c1ccccc1-c1ccccc1)c1cccc3c1oc1ccccc13)C1CCC2C1. The van der Waals surface area contributed by atoms with Gasteiger partial charge in [-0.15, -0.1) is 0 Å². The zero-order valence-electron chi connectivity index (χ0n) is 36.4. The van der Waals surface area contributed by atoms with Gasteiger partial charge in [-0.05, 0) is 89.8 Å². The molecule has 2 aromatic heterocycles. The summed E-state index contributed by atoms with van der Waals surface area (Å²) in [6.45, 7) is 0. The largest absolute Gasteiger partial charge is 0.454 e. The molecule has 0 N–H and O–H groups in total. The summed E-state index contributed by atoms with van der Waals surface area (Å²) in [6, 6.07) is 71.8. The van der Waals surface area contributed by atoms with Crippen molar-refractivity contribution >= 4 is 78.0 Å². The van der Waals surface area contributed by atoms with Crippen molar-refractivity contribution in [2.45, 2.75) is 31.1 Å². The number of para-hydroxylation sites is 6. The molecule has 0 amide bonds. The van der Waals surface area contributed by atoms with E-state index in [1.807, 2.05) is 48.5 Å². The molecule has 316 valence electrons. The molecule has 2 bridgehead atoms. The summed E-state index contributed by atoms with van der Waals surface area (Å²) in [5.74, 6) is 0.283. The van der Waals surface area contributed by atoms with E-state index in [0.717, 1.165) is 119 Å². The van der Waals surface area contributed by atoms with Crippen molar-refractivity contribution in [3.63, 3.8) is 0 Å². The zero-order valence-corrected chi connectivity index (χ0v) is 36.4. The molecule has 2 atom stereocenters. The van der Waals surface area contributed by atoms with E-state index in [4.69, 9.17) is 8.83 Å². The van der Waals surface area contributed by atoms with Crippen molar-refractivity contribution < 1.29 is 8.83 Å². The normalized spacial score (nSPS) is 15.0. The molecule has 0 aliphatic heterocycles. The van der Waals surface area contributed by atoms with Gasteiger partial charge in [0.2, 0.25) is 0 Å². The monoisotopic (exact) mass is 860 g/mol. The minimum absolute atomic E-state index is 0.142. The van der Waals surface area contributed by atoms with E-state index in [9.17, 15) is 10.5 Å². The van der Waals surface area contributed by atoms with E-state index < -0.39 is 0 Å². The summed E-state index contributed by atoms with van der Waals surface area (Å²) >= 11 is 0. The topological polar surface area (TPSA) is 80.3 Å². The van der Waals surface area contributed by atoms with Crippen molar-refractivity contribution in [3.05, 3.63) is 216 Å². The third kappa shape index (κ3) is 5.87. The van der Waals surface area contributed by atoms with Crippen LogP contribution < -0.4 is 9.80 Å². The van der Waals surface area contributed by atoms with Gasteiger partial charge in [0.05, 0.1) is 45.3 Å². The van der Waals surface area contributed by atoms with Crippen LogP contribution in [0.25, 0.3) is 66.1 Å². The number of benzene rings is 9. The molecule has 0 radical (unpaired) electrons. The molecule has 6 nitrogen and oxygen atoms in total. The van der Waals surface area contributed by atoms with Gasteiger partial charge in [-0.25, -0.2) is 0 Å². The Bertz CT molecular complexity index is 3600. The summed E-state index contributed by atoms with van der Waals surface area (Å²) in [4.78, 5) is 4.50. The quantitative estimate of drug-likeness (QED) is 0.151. The second-order valence-electron chi connectivity index (χ2n) is 17.6. The highest BCUT2D eigenvalue weighted by Gasteiger charge is 2.46. The Morgan fingerprint density at radius 1 is 0.388 bits per heavy atom. The average molecular weight is 861 g/mol. The number of nitrogens with zero attached hydrogens (tertiary/aromatic N) is 4. The van der Waals surface area contributed by atoms with Gasteiger partial charge in [0, 0.05) is 32.7 Å². The fourth-order valence-corrected chi connectivity index (χ4v) is 11.4. The van der Waals surface area contributed by atoms with Crippen molar-refractivity contribution in [3.8, 4) is 34.4 Å². The Kier molecular flexibility index (Phi) is 8.88. The molecule has 2 unspecified atom stereocenters.